The van der Waals surface area contributed by atoms with Crippen LogP contribution in [0.4, 0.5) is 0 Å². The third-order valence-electron chi connectivity index (χ3n) is 4.64. The molecule has 1 aliphatic heterocycles. The highest BCUT2D eigenvalue weighted by molar-refractivity contribution is 7.90. The number of benzene rings is 1. The number of nitrogens with one attached hydrogen (secondary N) is 2. The van der Waals surface area contributed by atoms with E-state index in [9.17, 15) is 8.42 Å². The molecule has 28 heavy (non-hydrogen) atoms. The number of morpholine rings is 1. The molecule has 0 amide bonds. The normalized spacial score (nSPS) is 17.3. The molecule has 0 radical (unpaired) electrons. The van der Waals surface area contributed by atoms with Gasteiger partial charge in [-0.05, 0) is 37.0 Å². The molecule has 0 aromatic heterocycles. The third-order valence-corrected chi connectivity index (χ3v) is 5.76. The number of guanidine groups is 1. The van der Waals surface area contributed by atoms with Crippen LogP contribution in [0, 0.1) is 5.92 Å². The lowest BCUT2D eigenvalue weighted by atomic mass is 10.1. The van der Waals surface area contributed by atoms with Gasteiger partial charge in [0, 0.05) is 45.5 Å². The molecule has 1 saturated heterocycles. The SMILES string of the molecule is CCNC(=NCC(C)CN1CCOCC1)NCCc1ccc(S(C)(=O)=O)cc1. The van der Waals surface area contributed by atoms with Crippen molar-refractivity contribution in [1.29, 1.82) is 0 Å². The average molecular weight is 411 g/mol. The van der Waals surface area contributed by atoms with E-state index in [1.807, 2.05) is 12.1 Å². The van der Waals surface area contributed by atoms with Crippen LogP contribution < -0.4 is 10.6 Å². The van der Waals surface area contributed by atoms with Gasteiger partial charge in [0.1, 0.15) is 0 Å². The van der Waals surface area contributed by atoms with Crippen LogP contribution in [0.15, 0.2) is 34.2 Å². The number of aliphatic imine (C=N–C) groups is 1. The summed E-state index contributed by atoms with van der Waals surface area (Å²) in [4.78, 5) is 7.50. The van der Waals surface area contributed by atoms with E-state index in [0.29, 0.717) is 10.8 Å². The Kier molecular flexibility index (Phi) is 9.21. The van der Waals surface area contributed by atoms with Crippen LogP contribution in [0.25, 0.3) is 0 Å². The van der Waals surface area contributed by atoms with E-state index in [1.54, 1.807) is 12.1 Å². The van der Waals surface area contributed by atoms with Gasteiger partial charge in [0.25, 0.3) is 0 Å². The van der Waals surface area contributed by atoms with Crippen LogP contribution in [0.3, 0.4) is 0 Å². The van der Waals surface area contributed by atoms with Crippen molar-refractivity contribution in [3.8, 4) is 0 Å². The van der Waals surface area contributed by atoms with Crippen molar-refractivity contribution in [3.63, 3.8) is 0 Å². The van der Waals surface area contributed by atoms with Gasteiger partial charge in [-0.15, -0.1) is 0 Å². The molecule has 8 heteroatoms. The van der Waals surface area contributed by atoms with Crippen molar-refractivity contribution in [2.45, 2.75) is 25.2 Å². The molecule has 1 atom stereocenters. The maximum Gasteiger partial charge on any atom is 0.191 e. The Morgan fingerprint density at radius 2 is 1.89 bits per heavy atom. The summed E-state index contributed by atoms with van der Waals surface area (Å²) >= 11 is 0. The molecule has 158 valence electrons. The Labute approximate surface area is 169 Å². The maximum absolute atomic E-state index is 11.5. The van der Waals surface area contributed by atoms with Crippen molar-refractivity contribution < 1.29 is 13.2 Å². The topological polar surface area (TPSA) is 83.0 Å². The number of rotatable bonds is 9. The predicted molar refractivity (Wildman–Crippen MR) is 114 cm³/mol. The quantitative estimate of drug-likeness (QED) is 0.470. The van der Waals surface area contributed by atoms with Gasteiger partial charge in [-0.1, -0.05) is 19.1 Å². The van der Waals surface area contributed by atoms with Crippen LogP contribution in [0.5, 0.6) is 0 Å². The van der Waals surface area contributed by atoms with Crippen LogP contribution >= 0.6 is 0 Å². The maximum atomic E-state index is 11.5. The lowest BCUT2D eigenvalue weighted by Gasteiger charge is -2.28. The van der Waals surface area contributed by atoms with Gasteiger partial charge in [-0.3, -0.25) is 9.89 Å². The summed E-state index contributed by atoms with van der Waals surface area (Å²) in [5, 5.41) is 6.64. The Hall–Kier alpha value is -1.64. The lowest BCUT2D eigenvalue weighted by molar-refractivity contribution is 0.0323. The molecule has 1 unspecified atom stereocenters. The number of nitrogens with zero attached hydrogens (tertiary/aromatic N) is 2. The fourth-order valence-corrected chi connectivity index (χ4v) is 3.73. The van der Waals surface area contributed by atoms with Crippen LogP contribution in [0.1, 0.15) is 19.4 Å². The molecule has 0 saturated carbocycles. The largest absolute Gasteiger partial charge is 0.379 e. The van der Waals surface area contributed by atoms with Crippen molar-refractivity contribution in [3.05, 3.63) is 29.8 Å². The number of hydrogen-bond donors (Lipinski definition) is 2. The second-order valence-electron chi connectivity index (χ2n) is 7.33. The van der Waals surface area contributed by atoms with Crippen molar-refractivity contribution in [2.75, 3.05) is 58.7 Å². The molecule has 0 aliphatic carbocycles. The third kappa shape index (κ3) is 8.16. The van der Waals surface area contributed by atoms with Crippen LogP contribution in [-0.4, -0.2) is 78.0 Å². The van der Waals surface area contributed by atoms with Gasteiger partial charge in [-0.2, -0.15) is 0 Å². The standard InChI is InChI=1S/C20H34N4O3S/c1-4-21-20(23-15-17(2)16-24-11-13-27-14-12-24)22-10-9-18-5-7-19(8-6-18)28(3,25)26/h5-8,17H,4,9-16H2,1-3H3,(H2,21,22,23). The fourth-order valence-electron chi connectivity index (χ4n) is 3.10. The van der Waals surface area contributed by atoms with E-state index in [4.69, 9.17) is 9.73 Å². The van der Waals surface area contributed by atoms with E-state index >= 15 is 0 Å². The first-order valence-corrected chi connectivity index (χ1v) is 11.9. The van der Waals surface area contributed by atoms with Gasteiger partial charge in [0.15, 0.2) is 15.8 Å². The van der Waals surface area contributed by atoms with E-state index < -0.39 is 9.84 Å². The molecule has 2 rings (SSSR count). The lowest BCUT2D eigenvalue weighted by Crippen LogP contribution is -2.40. The van der Waals surface area contributed by atoms with E-state index in [1.165, 1.54) is 6.26 Å². The van der Waals surface area contributed by atoms with Crippen molar-refractivity contribution >= 4 is 15.8 Å². The molecule has 1 aromatic rings. The Morgan fingerprint density at radius 1 is 1.21 bits per heavy atom. The van der Waals surface area contributed by atoms with Crippen molar-refractivity contribution in [1.82, 2.24) is 15.5 Å². The predicted octanol–water partition coefficient (Wildman–Crippen LogP) is 1.16. The van der Waals surface area contributed by atoms with E-state index in [-0.39, 0.29) is 0 Å². The molecular weight excluding hydrogens is 376 g/mol. The smallest absolute Gasteiger partial charge is 0.191 e. The van der Waals surface area contributed by atoms with Gasteiger partial charge in [0.2, 0.25) is 0 Å². The summed E-state index contributed by atoms with van der Waals surface area (Å²) in [6, 6.07) is 7.06. The summed E-state index contributed by atoms with van der Waals surface area (Å²) in [6.07, 6.45) is 2.03. The Morgan fingerprint density at radius 3 is 2.50 bits per heavy atom. The summed E-state index contributed by atoms with van der Waals surface area (Å²) in [6.45, 7) is 11.3. The molecule has 1 fully saturated rings. The zero-order valence-corrected chi connectivity index (χ0v) is 18.1. The van der Waals surface area contributed by atoms with E-state index in [0.717, 1.165) is 70.4 Å². The van der Waals surface area contributed by atoms with Gasteiger partial charge >= 0.3 is 0 Å². The molecule has 0 spiro atoms. The molecule has 0 bridgehead atoms. The number of hydrogen-bond acceptors (Lipinski definition) is 5. The summed E-state index contributed by atoms with van der Waals surface area (Å²) in [7, 11) is -3.14. The first-order chi connectivity index (χ1) is 13.4. The van der Waals surface area contributed by atoms with E-state index in [2.05, 4.69) is 29.4 Å². The van der Waals surface area contributed by atoms with Crippen LogP contribution in [-0.2, 0) is 21.0 Å². The molecule has 1 heterocycles. The zero-order chi connectivity index (χ0) is 20.4. The monoisotopic (exact) mass is 410 g/mol. The fraction of sp³-hybridized carbons (Fsp3) is 0.650. The second kappa shape index (κ2) is 11.4. The molecule has 2 N–H and O–H groups in total. The molecule has 7 nitrogen and oxygen atoms in total. The molecule has 1 aliphatic rings. The minimum atomic E-state index is -3.14. The van der Waals surface area contributed by atoms with Gasteiger partial charge in [0.05, 0.1) is 18.1 Å². The average Bonchev–Trinajstić information content (AvgIpc) is 2.66. The summed E-state index contributed by atoms with van der Waals surface area (Å²) in [5.41, 5.74) is 1.09. The Bertz CT molecular complexity index is 713. The Balaban J connectivity index is 1.78. The van der Waals surface area contributed by atoms with Crippen LogP contribution in [0.2, 0.25) is 0 Å². The first kappa shape index (κ1) is 22.6. The molecular formula is C20H34N4O3S. The second-order valence-corrected chi connectivity index (χ2v) is 9.35. The molecule has 1 aromatic carbocycles. The minimum Gasteiger partial charge on any atom is -0.379 e. The summed E-state index contributed by atoms with van der Waals surface area (Å²) < 4.78 is 28.4. The van der Waals surface area contributed by atoms with Crippen molar-refractivity contribution in [2.24, 2.45) is 10.9 Å². The number of ether oxygens (including phenoxy) is 1. The van der Waals surface area contributed by atoms with Gasteiger partial charge < -0.3 is 15.4 Å². The highest BCUT2D eigenvalue weighted by atomic mass is 32.2. The highest BCUT2D eigenvalue weighted by Gasteiger charge is 2.13. The first-order valence-electron chi connectivity index (χ1n) is 9.99. The highest BCUT2D eigenvalue weighted by Crippen LogP contribution is 2.10. The zero-order valence-electron chi connectivity index (χ0n) is 17.3. The minimum absolute atomic E-state index is 0.355. The number of sulfone groups is 1. The van der Waals surface area contributed by atoms with Gasteiger partial charge in [-0.25, -0.2) is 8.42 Å². The summed E-state index contributed by atoms with van der Waals surface area (Å²) in [5.74, 6) is 1.31.